The number of nitrogens with zero attached hydrogens (tertiary/aromatic N) is 4. The van der Waals surface area contributed by atoms with E-state index in [1.807, 2.05) is 12.1 Å². The molecule has 3 rings (SSSR count). The molecule has 0 saturated carbocycles. The van der Waals surface area contributed by atoms with Gasteiger partial charge in [-0.3, -0.25) is 0 Å². The Morgan fingerprint density at radius 1 is 1.14 bits per heavy atom. The van der Waals surface area contributed by atoms with Crippen molar-refractivity contribution in [1.29, 1.82) is 0 Å². The van der Waals surface area contributed by atoms with Gasteiger partial charge in [-0.2, -0.15) is 5.10 Å². The van der Waals surface area contributed by atoms with E-state index in [4.69, 9.17) is 0 Å². The van der Waals surface area contributed by atoms with Crippen molar-refractivity contribution >= 4 is 21.5 Å². The molecule has 0 atom stereocenters. The molecule has 0 aliphatic heterocycles. The number of pyridine rings is 1. The number of aromatic nitrogens is 4. The number of sulfonamides is 1. The summed E-state index contributed by atoms with van der Waals surface area (Å²) < 4.78 is 27.2. The van der Waals surface area contributed by atoms with Gasteiger partial charge in [-0.15, -0.1) is 0 Å². The smallest absolute Gasteiger partial charge is 0.241 e. The highest BCUT2D eigenvalue weighted by atomic mass is 32.2. The summed E-state index contributed by atoms with van der Waals surface area (Å²) in [6.45, 7) is 0.492. The van der Waals surface area contributed by atoms with E-state index in [1.165, 1.54) is 19.3 Å². The molecule has 0 unspecified atom stereocenters. The molecule has 9 heteroatoms. The minimum absolute atomic E-state index is 0.124. The molecule has 0 radical (unpaired) electrons. The summed E-state index contributed by atoms with van der Waals surface area (Å²) in [6, 6.07) is 6.79. The molecule has 0 fully saturated rings. The Balaban J connectivity index is 1.76. The molecule has 114 valence electrons. The van der Waals surface area contributed by atoms with E-state index in [9.17, 15) is 8.42 Å². The first kappa shape index (κ1) is 14.4. The van der Waals surface area contributed by atoms with Gasteiger partial charge in [0.05, 0.1) is 18.4 Å². The average Bonchev–Trinajstić information content (AvgIpc) is 3.02. The molecule has 2 N–H and O–H groups in total. The molecule has 0 bridgehead atoms. The van der Waals surface area contributed by atoms with E-state index in [0.717, 1.165) is 11.3 Å². The third-order valence-electron chi connectivity index (χ3n) is 3.13. The molecular formula is C13H14N6O2S. The highest BCUT2D eigenvalue weighted by molar-refractivity contribution is 7.89. The van der Waals surface area contributed by atoms with Gasteiger partial charge in [-0.1, -0.05) is 0 Å². The lowest BCUT2D eigenvalue weighted by Crippen LogP contribution is -2.18. The van der Waals surface area contributed by atoms with Crippen molar-refractivity contribution in [3.05, 3.63) is 48.5 Å². The lowest BCUT2D eigenvalue weighted by Gasteiger charge is -2.08. The van der Waals surface area contributed by atoms with Gasteiger partial charge in [0.25, 0.3) is 0 Å². The Kier molecular flexibility index (Phi) is 3.73. The quantitative estimate of drug-likeness (QED) is 0.716. The topological polar surface area (TPSA) is 101 Å². The fourth-order valence-electron chi connectivity index (χ4n) is 1.96. The average molecular weight is 318 g/mol. The normalized spacial score (nSPS) is 11.7. The fraction of sp³-hybridized carbons (Fsp3) is 0.154. The summed E-state index contributed by atoms with van der Waals surface area (Å²) >= 11 is 0. The first-order chi connectivity index (χ1) is 10.6. The summed E-state index contributed by atoms with van der Waals surface area (Å²) in [7, 11) is -2.10. The molecule has 22 heavy (non-hydrogen) atoms. The van der Waals surface area contributed by atoms with Gasteiger partial charge >= 0.3 is 0 Å². The molecule has 0 aliphatic rings. The van der Waals surface area contributed by atoms with Crippen LogP contribution in [-0.4, -0.2) is 35.0 Å². The van der Waals surface area contributed by atoms with Crippen LogP contribution in [0.5, 0.6) is 0 Å². The summed E-state index contributed by atoms with van der Waals surface area (Å²) in [5.41, 5.74) is 1.69. The number of fused-ring (bicyclic) bond motifs is 1. The van der Waals surface area contributed by atoms with Crippen LogP contribution in [0.1, 0.15) is 5.69 Å². The maximum atomic E-state index is 11.6. The fourth-order valence-corrected chi connectivity index (χ4v) is 2.64. The monoisotopic (exact) mass is 318 g/mol. The van der Waals surface area contributed by atoms with Crippen molar-refractivity contribution in [2.45, 2.75) is 11.4 Å². The van der Waals surface area contributed by atoms with Crippen LogP contribution in [0.2, 0.25) is 0 Å². The second-order valence-electron chi connectivity index (χ2n) is 4.48. The molecule has 0 aromatic carbocycles. The van der Waals surface area contributed by atoms with Crippen LogP contribution in [0.4, 0.5) is 5.82 Å². The van der Waals surface area contributed by atoms with Gasteiger partial charge in [-0.25, -0.2) is 27.6 Å². The zero-order chi connectivity index (χ0) is 15.6. The van der Waals surface area contributed by atoms with Crippen LogP contribution < -0.4 is 10.0 Å². The van der Waals surface area contributed by atoms with Gasteiger partial charge in [0.15, 0.2) is 5.65 Å². The predicted molar refractivity (Wildman–Crippen MR) is 80.8 cm³/mol. The Bertz CT molecular complexity index is 888. The second-order valence-corrected chi connectivity index (χ2v) is 6.36. The Morgan fingerprint density at radius 2 is 2.00 bits per heavy atom. The lowest BCUT2D eigenvalue weighted by molar-refractivity contribution is 0.588. The van der Waals surface area contributed by atoms with Gasteiger partial charge < -0.3 is 5.32 Å². The van der Waals surface area contributed by atoms with E-state index in [-0.39, 0.29) is 4.90 Å². The maximum absolute atomic E-state index is 11.6. The highest BCUT2D eigenvalue weighted by Gasteiger charge is 2.11. The Morgan fingerprint density at radius 3 is 2.73 bits per heavy atom. The molecule has 0 saturated heterocycles. The summed E-state index contributed by atoms with van der Waals surface area (Å²) in [5, 5.41) is 7.32. The third-order valence-corrected chi connectivity index (χ3v) is 4.53. The third kappa shape index (κ3) is 2.76. The molecule has 0 aliphatic carbocycles. The lowest BCUT2D eigenvalue weighted by atomic mass is 10.4. The maximum Gasteiger partial charge on any atom is 0.241 e. The number of nitrogens with one attached hydrogen (secondary N) is 2. The minimum Gasteiger partial charge on any atom is -0.364 e. The zero-order valence-electron chi connectivity index (χ0n) is 11.8. The second kappa shape index (κ2) is 5.70. The van der Waals surface area contributed by atoms with Crippen molar-refractivity contribution in [2.75, 3.05) is 12.4 Å². The van der Waals surface area contributed by atoms with Crippen LogP contribution in [0, 0.1) is 0 Å². The van der Waals surface area contributed by atoms with Crippen LogP contribution in [-0.2, 0) is 16.6 Å². The largest absolute Gasteiger partial charge is 0.364 e. The van der Waals surface area contributed by atoms with Crippen LogP contribution in [0.25, 0.3) is 5.65 Å². The van der Waals surface area contributed by atoms with Gasteiger partial charge in [-0.05, 0) is 25.2 Å². The molecular weight excluding hydrogens is 304 g/mol. The molecule has 3 heterocycles. The van der Waals surface area contributed by atoms with Gasteiger partial charge in [0, 0.05) is 18.5 Å². The molecule has 8 nitrogen and oxygen atoms in total. The Hall–Kier alpha value is -2.52. The van der Waals surface area contributed by atoms with E-state index < -0.39 is 10.0 Å². The minimum atomic E-state index is -3.47. The van der Waals surface area contributed by atoms with E-state index >= 15 is 0 Å². The van der Waals surface area contributed by atoms with Crippen LogP contribution in [0.3, 0.4) is 0 Å². The van der Waals surface area contributed by atoms with Gasteiger partial charge in [0.2, 0.25) is 10.0 Å². The zero-order valence-corrected chi connectivity index (χ0v) is 12.6. The number of hydrogen-bond acceptors (Lipinski definition) is 6. The van der Waals surface area contributed by atoms with Crippen molar-refractivity contribution in [3.8, 4) is 0 Å². The SMILES string of the molecule is CNS(=O)(=O)c1ccc(NCc2ccnc3ccnn23)nc1. The van der Waals surface area contributed by atoms with E-state index in [2.05, 4.69) is 25.1 Å². The molecule has 0 amide bonds. The van der Waals surface area contributed by atoms with Crippen molar-refractivity contribution < 1.29 is 8.42 Å². The Labute approximate surface area is 127 Å². The van der Waals surface area contributed by atoms with Crippen LogP contribution in [0.15, 0.2) is 47.8 Å². The molecule has 3 aromatic heterocycles. The van der Waals surface area contributed by atoms with Crippen molar-refractivity contribution in [2.24, 2.45) is 0 Å². The number of rotatable bonds is 5. The first-order valence-electron chi connectivity index (χ1n) is 6.51. The summed E-state index contributed by atoms with van der Waals surface area (Å²) in [6.07, 6.45) is 4.70. The van der Waals surface area contributed by atoms with Crippen LogP contribution >= 0.6 is 0 Å². The van der Waals surface area contributed by atoms with E-state index in [1.54, 1.807) is 23.0 Å². The van der Waals surface area contributed by atoms with E-state index in [0.29, 0.717) is 12.4 Å². The summed E-state index contributed by atoms with van der Waals surface area (Å²) in [4.78, 5) is 8.41. The molecule has 3 aromatic rings. The predicted octanol–water partition coefficient (Wildman–Crippen LogP) is 0.644. The first-order valence-corrected chi connectivity index (χ1v) is 7.99. The highest BCUT2D eigenvalue weighted by Crippen LogP contribution is 2.11. The van der Waals surface area contributed by atoms with Crippen molar-refractivity contribution in [1.82, 2.24) is 24.3 Å². The number of hydrogen-bond donors (Lipinski definition) is 2. The van der Waals surface area contributed by atoms with Gasteiger partial charge in [0.1, 0.15) is 10.7 Å². The van der Waals surface area contributed by atoms with Crippen molar-refractivity contribution in [3.63, 3.8) is 0 Å². The summed E-state index contributed by atoms with van der Waals surface area (Å²) in [5.74, 6) is 0.576. The molecule has 0 spiro atoms. The number of anilines is 1. The standard InChI is InChI=1S/C13H14N6O2S/c1-14-22(20,21)11-2-3-12(17-9-11)16-8-10-4-6-15-13-5-7-18-19(10)13/h2-7,9,14H,8H2,1H3,(H,16,17).